The molecule has 4 heterocycles. The van der Waals surface area contributed by atoms with Crippen molar-refractivity contribution < 1.29 is 14.3 Å². The number of aromatic nitrogens is 4. The van der Waals surface area contributed by atoms with Crippen molar-refractivity contribution in [3.8, 4) is 33.6 Å². The molecule has 6 rings (SSSR count). The van der Waals surface area contributed by atoms with Gasteiger partial charge in [0.1, 0.15) is 22.7 Å². The van der Waals surface area contributed by atoms with Gasteiger partial charge in [0.15, 0.2) is 4.96 Å². The molecular formula is C31H31ClN6O3S. The molecule has 9 nitrogen and oxygen atoms in total. The predicted molar refractivity (Wildman–Crippen MR) is 164 cm³/mol. The van der Waals surface area contributed by atoms with Gasteiger partial charge in [-0.2, -0.15) is 0 Å². The first-order valence-corrected chi connectivity index (χ1v) is 15.1. The zero-order valence-corrected chi connectivity index (χ0v) is 25.1. The number of aromatic amines is 1. The minimum Gasteiger partial charge on any atom is -0.453 e. The number of rotatable bonds is 7. The lowest BCUT2D eigenvalue weighted by Crippen LogP contribution is -2.51. The van der Waals surface area contributed by atoms with E-state index in [1.54, 1.807) is 11.3 Å². The molecule has 2 N–H and O–H groups in total. The summed E-state index contributed by atoms with van der Waals surface area (Å²) in [6, 6.07) is 15.7. The molecule has 5 aromatic rings. The number of alkyl carbamates (subject to hydrolysis) is 1. The quantitative estimate of drug-likeness (QED) is 0.213. The predicted octanol–water partition coefficient (Wildman–Crippen LogP) is 6.82. The maximum atomic E-state index is 13.4. The average molecular weight is 603 g/mol. The summed E-state index contributed by atoms with van der Waals surface area (Å²) in [6.45, 7) is 4.43. The first-order valence-electron chi connectivity index (χ1n) is 13.9. The van der Waals surface area contributed by atoms with Crippen molar-refractivity contribution in [2.24, 2.45) is 5.92 Å². The van der Waals surface area contributed by atoms with Gasteiger partial charge in [0.05, 0.1) is 25.0 Å². The summed E-state index contributed by atoms with van der Waals surface area (Å²) < 4.78 is 6.62. The summed E-state index contributed by atoms with van der Waals surface area (Å²) in [4.78, 5) is 40.7. The minimum atomic E-state index is -0.664. The molecule has 42 heavy (non-hydrogen) atoms. The van der Waals surface area contributed by atoms with Crippen LogP contribution in [0.15, 0.2) is 66.3 Å². The highest BCUT2D eigenvalue weighted by atomic mass is 35.5. The highest BCUT2D eigenvalue weighted by Crippen LogP contribution is 2.34. The number of methoxy groups -OCH3 is 1. The van der Waals surface area contributed by atoms with Crippen LogP contribution in [0.25, 0.3) is 38.6 Å². The number of carbonyl (C=O) groups excluding carboxylic acids is 2. The molecule has 1 saturated heterocycles. The highest BCUT2D eigenvalue weighted by molar-refractivity contribution is 7.15. The second-order valence-corrected chi connectivity index (χ2v) is 11.9. The van der Waals surface area contributed by atoms with Gasteiger partial charge >= 0.3 is 6.09 Å². The van der Waals surface area contributed by atoms with Gasteiger partial charge in [-0.1, -0.05) is 74.0 Å². The van der Waals surface area contributed by atoms with Crippen molar-refractivity contribution in [3.05, 3.63) is 77.3 Å². The van der Waals surface area contributed by atoms with Gasteiger partial charge in [-0.15, -0.1) is 11.3 Å². The number of nitrogens with one attached hydrogen (secondary N) is 2. The smallest absolute Gasteiger partial charge is 0.407 e. The number of carbonyl (C=O) groups is 2. The fourth-order valence-corrected chi connectivity index (χ4v) is 6.50. The van der Waals surface area contributed by atoms with Crippen LogP contribution in [0.5, 0.6) is 0 Å². The van der Waals surface area contributed by atoms with E-state index in [1.807, 2.05) is 53.1 Å². The van der Waals surface area contributed by atoms with E-state index in [0.29, 0.717) is 11.7 Å². The van der Waals surface area contributed by atoms with Crippen molar-refractivity contribution in [1.82, 2.24) is 29.6 Å². The molecule has 0 radical (unpaired) electrons. The Balaban J connectivity index is 1.16. The second kappa shape index (κ2) is 11.6. The molecule has 1 fully saturated rings. The van der Waals surface area contributed by atoms with Crippen molar-refractivity contribution in [2.75, 3.05) is 13.7 Å². The summed E-state index contributed by atoms with van der Waals surface area (Å²) >= 11 is 8.10. The molecule has 0 saturated carbocycles. The maximum absolute atomic E-state index is 13.4. The van der Waals surface area contributed by atoms with E-state index < -0.39 is 12.1 Å². The number of ether oxygens (including phenoxy) is 1. The zero-order chi connectivity index (χ0) is 29.4. The monoisotopic (exact) mass is 602 g/mol. The number of nitrogens with zero attached hydrogens (tertiary/aromatic N) is 4. The third-order valence-electron chi connectivity index (χ3n) is 7.73. The lowest BCUT2D eigenvalue weighted by molar-refractivity contribution is -0.135. The summed E-state index contributed by atoms with van der Waals surface area (Å²) in [6.07, 6.45) is 4.80. The number of benzene rings is 2. The normalized spacial score (nSPS) is 15.8. The Hall–Kier alpha value is -4.15. The topological polar surface area (TPSA) is 105 Å². The van der Waals surface area contributed by atoms with Gasteiger partial charge in [-0.05, 0) is 35.4 Å². The van der Waals surface area contributed by atoms with E-state index in [9.17, 15) is 9.59 Å². The number of H-pyrrole nitrogens is 1. The number of hydrogen-bond donors (Lipinski definition) is 2. The number of hydrogen-bond acceptors (Lipinski definition) is 6. The summed E-state index contributed by atoms with van der Waals surface area (Å²) in [5.74, 6) is 0.538. The Labute approximate surface area is 252 Å². The van der Waals surface area contributed by atoms with Crippen LogP contribution in [0, 0.1) is 5.92 Å². The Morgan fingerprint density at radius 2 is 1.74 bits per heavy atom. The molecule has 3 aromatic heterocycles. The van der Waals surface area contributed by atoms with Gasteiger partial charge in [-0.3, -0.25) is 9.20 Å². The first kappa shape index (κ1) is 28.0. The van der Waals surface area contributed by atoms with Crippen LogP contribution >= 0.6 is 22.9 Å². The largest absolute Gasteiger partial charge is 0.453 e. The third-order valence-corrected chi connectivity index (χ3v) is 8.85. The first-order chi connectivity index (χ1) is 20.3. The second-order valence-electron chi connectivity index (χ2n) is 10.7. The van der Waals surface area contributed by atoms with Crippen molar-refractivity contribution in [1.29, 1.82) is 0 Å². The molecule has 2 amide bonds. The fraction of sp³-hybridized carbons (Fsp3) is 0.290. The van der Waals surface area contributed by atoms with E-state index in [-0.39, 0.29) is 17.9 Å². The average Bonchev–Trinajstić information content (AvgIpc) is 3.81. The minimum absolute atomic E-state index is 0.0828. The van der Waals surface area contributed by atoms with Gasteiger partial charge in [-0.25, -0.2) is 14.8 Å². The van der Waals surface area contributed by atoms with Crippen LogP contribution in [0.1, 0.15) is 38.6 Å². The molecule has 0 unspecified atom stereocenters. The van der Waals surface area contributed by atoms with Gasteiger partial charge in [0, 0.05) is 23.7 Å². The Bertz CT molecular complexity index is 1720. The van der Waals surface area contributed by atoms with E-state index in [1.165, 1.54) is 7.11 Å². The molecule has 2 aromatic carbocycles. The van der Waals surface area contributed by atoms with E-state index >= 15 is 0 Å². The standard InChI is InChI=1S/C31H31ClN6O3S/c1-18(2)25(36-31(40)41-3)29(39)37-14-4-5-24(37)28-33-17-23(34-28)21-10-6-19(7-11-21)20-8-12-22(13-9-20)26-27(32)38-15-16-42-30(38)35-26/h6-13,15-18,24-25H,4-5,14H2,1-3H3,(H,33,34)(H,36,40)/t24-,25-/m0/s1. The third kappa shape index (κ3) is 5.28. The van der Waals surface area contributed by atoms with Crippen molar-refractivity contribution in [3.63, 3.8) is 0 Å². The van der Waals surface area contributed by atoms with Crippen LogP contribution in [-0.2, 0) is 9.53 Å². The van der Waals surface area contributed by atoms with Gasteiger partial charge in [0.2, 0.25) is 5.91 Å². The molecular weight excluding hydrogens is 572 g/mol. The van der Waals surface area contributed by atoms with E-state index in [4.69, 9.17) is 16.3 Å². The van der Waals surface area contributed by atoms with Crippen molar-refractivity contribution >= 4 is 39.9 Å². The number of halogens is 1. The molecule has 11 heteroatoms. The Kier molecular flexibility index (Phi) is 7.74. The zero-order valence-electron chi connectivity index (χ0n) is 23.5. The van der Waals surface area contributed by atoms with E-state index in [2.05, 4.69) is 56.7 Å². The Morgan fingerprint density at radius 1 is 1.07 bits per heavy atom. The van der Waals surface area contributed by atoms with Gasteiger partial charge in [0.25, 0.3) is 0 Å². The number of thiazole rings is 1. The van der Waals surface area contributed by atoms with Crippen molar-refractivity contribution in [2.45, 2.75) is 38.8 Å². The molecule has 1 aliphatic heterocycles. The number of amides is 2. The molecule has 0 aliphatic carbocycles. The molecule has 0 bridgehead atoms. The molecule has 2 atom stereocenters. The summed E-state index contributed by atoms with van der Waals surface area (Å²) in [7, 11) is 1.30. The van der Waals surface area contributed by atoms with Crippen LogP contribution in [-0.4, -0.2) is 55.9 Å². The highest BCUT2D eigenvalue weighted by Gasteiger charge is 2.37. The summed E-state index contributed by atoms with van der Waals surface area (Å²) in [5.41, 5.74) is 5.82. The van der Waals surface area contributed by atoms with Crippen LogP contribution < -0.4 is 5.32 Å². The van der Waals surface area contributed by atoms with Crippen LogP contribution in [0.4, 0.5) is 4.79 Å². The van der Waals surface area contributed by atoms with Crippen LogP contribution in [0.3, 0.4) is 0 Å². The van der Waals surface area contributed by atoms with Crippen LogP contribution in [0.2, 0.25) is 5.15 Å². The molecule has 1 aliphatic rings. The lowest BCUT2D eigenvalue weighted by atomic mass is 10.0. The molecule has 0 spiro atoms. The Morgan fingerprint density at radius 3 is 2.38 bits per heavy atom. The molecule has 216 valence electrons. The summed E-state index contributed by atoms with van der Waals surface area (Å²) in [5, 5.41) is 5.27. The number of imidazole rings is 2. The lowest BCUT2D eigenvalue weighted by Gasteiger charge is -2.30. The van der Waals surface area contributed by atoms with Gasteiger partial charge < -0.3 is 19.9 Å². The van der Waals surface area contributed by atoms with E-state index in [0.717, 1.165) is 57.3 Å². The SMILES string of the molecule is COC(=O)N[C@H](C(=O)N1CCC[C@H]1c1ncc(-c2ccc(-c3ccc(-c4nc5sccn5c4Cl)cc3)cc2)[nH]1)C(C)C. The number of fused-ring (bicyclic) bond motifs is 1. The number of likely N-dealkylation sites (tertiary alicyclic amines) is 1. The fourth-order valence-electron chi connectivity index (χ4n) is 5.45. The maximum Gasteiger partial charge on any atom is 0.407 e.